The molecular weight excluding hydrogens is 133 g/mol. The van der Waals surface area contributed by atoms with Crippen LogP contribution in [0.15, 0.2) is 12.7 Å². The van der Waals surface area contributed by atoms with E-state index in [1.165, 1.54) is 16.7 Å². The van der Waals surface area contributed by atoms with E-state index in [9.17, 15) is 4.79 Å². The average Bonchev–Trinajstić information content (AvgIpc) is 1.73. The predicted molar refractivity (Wildman–Crippen MR) is 36.6 cm³/mol. The number of hydrogen-bond acceptors (Lipinski definition) is 1. The molecule has 0 saturated carbocycles. The fraction of sp³-hybridized carbons (Fsp3) is 0. The van der Waals surface area contributed by atoms with Crippen LogP contribution in [0.25, 0.3) is 0 Å². The summed E-state index contributed by atoms with van der Waals surface area (Å²) in [6, 6.07) is 0. The fourth-order valence-electron chi connectivity index (χ4n) is 0. The molecule has 0 aliphatic rings. The Bertz CT molecular complexity index is 68.3. The van der Waals surface area contributed by atoms with E-state index in [2.05, 4.69) is 16.4 Å². The normalized spacial score (nSPS) is 4.88. The third-order valence-electron chi connectivity index (χ3n) is 0.175. The molecule has 8 heavy (non-hydrogen) atoms. The Balaban J connectivity index is -0.0000000750. The third kappa shape index (κ3) is 27.5. The summed E-state index contributed by atoms with van der Waals surface area (Å²) in [5, 5.41) is 7.60. The van der Waals surface area contributed by atoms with Crippen LogP contribution in [-0.4, -0.2) is 57.4 Å². The van der Waals surface area contributed by atoms with Crippen LogP contribution in [0.1, 0.15) is 0 Å². The molecule has 0 aromatic rings. The first-order valence-electron chi connectivity index (χ1n) is 1.50. The van der Waals surface area contributed by atoms with E-state index in [-0.39, 0.29) is 29.6 Å². The zero-order valence-corrected chi connectivity index (χ0v) is 4.77. The molecule has 0 bridgehead atoms. The van der Waals surface area contributed by atoms with E-state index in [0.29, 0.717) is 0 Å². The molecule has 5 heteroatoms. The van der Waals surface area contributed by atoms with Crippen molar-refractivity contribution in [3.05, 3.63) is 12.7 Å². The molecule has 0 unspecified atom stereocenters. The summed E-state index contributed by atoms with van der Waals surface area (Å²) in [5.41, 5.74) is 0. The molecule has 2 nitrogen and oxygen atoms in total. The topological polar surface area (TPSA) is 37.3 Å². The summed E-state index contributed by atoms with van der Waals surface area (Å²) in [4.78, 5) is 9.25. The van der Waals surface area contributed by atoms with E-state index < -0.39 is 5.97 Å². The first-order valence-corrected chi connectivity index (χ1v) is 2.26. The van der Waals surface area contributed by atoms with Crippen LogP contribution in [0.5, 0.6) is 0 Å². The van der Waals surface area contributed by atoms with Gasteiger partial charge in [-0.15, -0.1) is 0 Å². The van der Waals surface area contributed by atoms with Crippen molar-refractivity contribution in [1.29, 1.82) is 0 Å². The van der Waals surface area contributed by atoms with Gasteiger partial charge in [-0.2, -0.15) is 0 Å². The van der Waals surface area contributed by atoms with E-state index >= 15 is 0 Å². The quantitative estimate of drug-likeness (QED) is 0.406. The molecule has 0 aromatic carbocycles. The van der Waals surface area contributed by atoms with E-state index in [1.807, 2.05) is 0 Å². The van der Waals surface area contributed by atoms with Gasteiger partial charge < -0.3 is 5.11 Å². The van der Waals surface area contributed by atoms with Crippen LogP contribution < -0.4 is 0 Å². The Hall–Kier alpha value is 1.10. The van der Waals surface area contributed by atoms with Gasteiger partial charge in [-0.05, 0) is 0 Å². The molecule has 0 fully saturated rings. The fourth-order valence-corrected chi connectivity index (χ4v) is 0. The van der Waals surface area contributed by atoms with E-state index in [1.54, 1.807) is 0 Å². The average molecular weight is 138 g/mol. The summed E-state index contributed by atoms with van der Waals surface area (Å²) in [6.07, 6.45) is 0.833. The van der Waals surface area contributed by atoms with Crippen molar-refractivity contribution in [1.82, 2.24) is 0 Å². The maximum atomic E-state index is 9.25. The van der Waals surface area contributed by atoms with Crippen LogP contribution in [0.4, 0.5) is 0 Å². The molecule has 0 atom stereocenters. The monoisotopic (exact) mass is 138 g/mol. The van der Waals surface area contributed by atoms with Gasteiger partial charge in [-0.1, -0.05) is 6.58 Å². The maximum absolute atomic E-state index is 9.25. The first-order chi connectivity index (χ1) is 3.27. The van der Waals surface area contributed by atoms with Gasteiger partial charge in [0, 0.05) is 6.08 Å². The molecule has 0 saturated heterocycles. The summed E-state index contributed by atoms with van der Waals surface area (Å²) < 4.78 is 0. The van der Waals surface area contributed by atoms with Gasteiger partial charge in [0.05, 0.1) is 0 Å². The number of aliphatic carboxylic acids is 1. The number of carbonyl (C=O) groups is 1. The molecule has 0 heterocycles. The van der Waals surface area contributed by atoms with Crippen molar-refractivity contribution in [2.45, 2.75) is 0 Å². The predicted octanol–water partition coefficient (Wildman–Crippen LogP) is -0.0828. The Kier molecular flexibility index (Phi) is 31.5. The molecule has 0 aliphatic heterocycles. The molecule has 1 N–H and O–H groups in total. The number of hydrogen-bond donors (Lipinski definition) is 1. The van der Waals surface area contributed by atoms with Crippen molar-refractivity contribution >= 4 is 62.1 Å². The van der Waals surface area contributed by atoms with Crippen LogP contribution in [0, 0.1) is 0 Å². The third-order valence-corrected chi connectivity index (χ3v) is 0.175. The molecular formula is C3H5ClLiNaO2. The van der Waals surface area contributed by atoms with Gasteiger partial charge in [-0.25, -0.2) is 4.79 Å². The van der Waals surface area contributed by atoms with E-state index in [0.717, 1.165) is 6.08 Å². The van der Waals surface area contributed by atoms with Crippen LogP contribution in [-0.2, 0) is 4.79 Å². The second kappa shape index (κ2) is 15.7. The van der Waals surface area contributed by atoms with Gasteiger partial charge in [-0.3, -0.25) is 0 Å². The van der Waals surface area contributed by atoms with Crippen molar-refractivity contribution in [3.8, 4) is 0 Å². The second-order valence-electron chi connectivity index (χ2n) is 0.542. The minimum absolute atomic E-state index is 0. The Morgan fingerprint density at radius 3 is 1.88 bits per heavy atom. The Labute approximate surface area is 83.9 Å². The summed E-state index contributed by atoms with van der Waals surface area (Å²) in [7, 11) is 4.64. The standard InChI is InChI=1S/C3H4O2.ClH.Li.Na.H/c1-2-3(4)5;;;;/h2H,1H2,(H,4,5);1H;;;/q;;+1;;/p-1. The number of rotatable bonds is 1. The number of halogens is 1. The van der Waals surface area contributed by atoms with Gasteiger partial charge in [0.25, 0.3) is 0 Å². The molecule has 38 valence electrons. The first kappa shape index (κ1) is 16.0. The van der Waals surface area contributed by atoms with Crippen molar-refractivity contribution in [2.75, 3.05) is 0 Å². The summed E-state index contributed by atoms with van der Waals surface area (Å²) in [6.45, 7) is 2.96. The number of carboxylic acid groups (broad SMARTS) is 1. The van der Waals surface area contributed by atoms with E-state index in [4.69, 9.17) is 5.11 Å². The zero-order valence-electron chi connectivity index (χ0n) is 4.02. The minimum atomic E-state index is -0.981. The van der Waals surface area contributed by atoms with Crippen LogP contribution >= 0.6 is 9.80 Å². The second-order valence-corrected chi connectivity index (χ2v) is 0.542. The van der Waals surface area contributed by atoms with Gasteiger partial charge in [0.1, 0.15) is 0 Å². The van der Waals surface area contributed by atoms with Crippen molar-refractivity contribution in [3.63, 3.8) is 0 Å². The Morgan fingerprint density at radius 1 is 1.75 bits per heavy atom. The molecule has 0 rings (SSSR count). The molecule has 0 radical (unpaired) electrons. The molecule has 0 spiro atoms. The van der Waals surface area contributed by atoms with Crippen LogP contribution in [0.3, 0.4) is 0 Å². The molecule has 0 aromatic heterocycles. The molecule has 0 amide bonds. The van der Waals surface area contributed by atoms with Crippen LogP contribution in [0.2, 0.25) is 0 Å². The summed E-state index contributed by atoms with van der Waals surface area (Å²) >= 11 is 1.47. The number of carboxylic acids is 1. The molecule has 0 aliphatic carbocycles. The summed E-state index contributed by atoms with van der Waals surface area (Å²) in [5.74, 6) is -0.981. The van der Waals surface area contributed by atoms with Gasteiger partial charge in [0.2, 0.25) is 0 Å². The zero-order chi connectivity index (χ0) is 6.28. The van der Waals surface area contributed by atoms with Gasteiger partial charge in [0.15, 0.2) is 0 Å². The van der Waals surface area contributed by atoms with Crippen molar-refractivity contribution in [2.24, 2.45) is 0 Å². The van der Waals surface area contributed by atoms with Gasteiger partial charge >= 0.3 is 62.1 Å². The SMILES string of the molecule is C=CC(=O)O.[Li][Cl].[NaH]. The van der Waals surface area contributed by atoms with Crippen molar-refractivity contribution < 1.29 is 9.90 Å². The Morgan fingerprint density at radius 2 is 1.88 bits per heavy atom.